The zero-order valence-electron chi connectivity index (χ0n) is 11.0. The second-order valence-electron chi connectivity index (χ2n) is 5.06. The van der Waals surface area contributed by atoms with E-state index in [-0.39, 0.29) is 6.42 Å². The molecule has 0 saturated heterocycles. The van der Waals surface area contributed by atoms with Crippen LogP contribution in [0.15, 0.2) is 29.2 Å². The Balaban J connectivity index is 3.16. The summed E-state index contributed by atoms with van der Waals surface area (Å²) in [6.45, 7) is 3.08. The Morgan fingerprint density at radius 1 is 1.20 bits per heavy atom. The van der Waals surface area contributed by atoms with Gasteiger partial charge in [0.2, 0.25) is 0 Å². The molecule has 0 spiro atoms. The second-order valence-corrected chi connectivity index (χ2v) is 7.14. The molecule has 7 heteroatoms. The summed E-state index contributed by atoms with van der Waals surface area (Å²) in [6.07, 6.45) is -4.76. The van der Waals surface area contributed by atoms with Crippen molar-refractivity contribution in [2.45, 2.75) is 31.3 Å². The third-order valence-corrected chi connectivity index (χ3v) is 4.59. The standard InChI is InChI=1S/C13H14F3NO2S/c1-12(2,9-17)7-8-20(18,19)11-6-4-3-5-10(11)13(14,15)16/h3-6H,7-8H2,1-2H3. The van der Waals surface area contributed by atoms with Crippen molar-refractivity contribution in [3.63, 3.8) is 0 Å². The number of halogens is 3. The summed E-state index contributed by atoms with van der Waals surface area (Å²) in [6, 6.07) is 5.99. The van der Waals surface area contributed by atoms with E-state index in [1.807, 2.05) is 6.07 Å². The predicted molar refractivity (Wildman–Crippen MR) is 67.5 cm³/mol. The Labute approximate surface area is 116 Å². The van der Waals surface area contributed by atoms with E-state index in [2.05, 4.69) is 0 Å². The Morgan fingerprint density at radius 2 is 1.75 bits per heavy atom. The molecule has 0 aliphatic rings. The van der Waals surface area contributed by atoms with Crippen molar-refractivity contribution in [2.24, 2.45) is 5.41 Å². The Bertz CT molecular complexity index is 628. The van der Waals surface area contributed by atoms with E-state index in [0.29, 0.717) is 0 Å². The van der Waals surface area contributed by atoms with Crippen LogP contribution in [-0.2, 0) is 16.0 Å². The molecule has 3 nitrogen and oxygen atoms in total. The first kappa shape index (κ1) is 16.5. The van der Waals surface area contributed by atoms with Gasteiger partial charge in [-0.15, -0.1) is 0 Å². The first-order valence-corrected chi connectivity index (χ1v) is 7.45. The van der Waals surface area contributed by atoms with Crippen molar-refractivity contribution < 1.29 is 21.6 Å². The zero-order chi connectivity index (χ0) is 15.6. The lowest BCUT2D eigenvalue weighted by molar-refractivity contribution is -0.139. The van der Waals surface area contributed by atoms with Gasteiger partial charge < -0.3 is 0 Å². The molecular weight excluding hydrogens is 291 g/mol. The van der Waals surface area contributed by atoms with Crippen molar-refractivity contribution in [1.29, 1.82) is 5.26 Å². The SMILES string of the molecule is CC(C)(C#N)CCS(=O)(=O)c1ccccc1C(F)(F)F. The fourth-order valence-electron chi connectivity index (χ4n) is 1.53. The van der Waals surface area contributed by atoms with Crippen LogP contribution in [-0.4, -0.2) is 14.2 Å². The van der Waals surface area contributed by atoms with E-state index in [1.54, 1.807) is 0 Å². The van der Waals surface area contributed by atoms with E-state index in [1.165, 1.54) is 19.9 Å². The summed E-state index contributed by atoms with van der Waals surface area (Å²) in [4.78, 5) is -0.735. The van der Waals surface area contributed by atoms with E-state index < -0.39 is 37.6 Å². The summed E-state index contributed by atoms with van der Waals surface area (Å²) >= 11 is 0. The van der Waals surface area contributed by atoms with Crippen LogP contribution in [0.5, 0.6) is 0 Å². The molecule has 1 aromatic rings. The molecule has 0 aromatic heterocycles. The Morgan fingerprint density at radius 3 is 2.25 bits per heavy atom. The van der Waals surface area contributed by atoms with E-state index >= 15 is 0 Å². The van der Waals surface area contributed by atoms with Gasteiger partial charge in [0.25, 0.3) is 0 Å². The molecule has 0 N–H and O–H groups in total. The fraction of sp³-hybridized carbons (Fsp3) is 0.462. The van der Waals surface area contributed by atoms with Gasteiger partial charge in [0.15, 0.2) is 9.84 Å². The molecular formula is C13H14F3NO2S. The van der Waals surface area contributed by atoms with Gasteiger partial charge in [0.05, 0.1) is 27.7 Å². The summed E-state index contributed by atoms with van der Waals surface area (Å²) in [7, 11) is -4.09. The summed E-state index contributed by atoms with van der Waals surface area (Å²) in [5, 5.41) is 8.82. The van der Waals surface area contributed by atoms with Gasteiger partial charge in [0.1, 0.15) is 0 Å². The third kappa shape index (κ3) is 3.97. The quantitative estimate of drug-likeness (QED) is 0.856. The highest BCUT2D eigenvalue weighted by Crippen LogP contribution is 2.35. The minimum atomic E-state index is -4.73. The van der Waals surface area contributed by atoms with Crippen molar-refractivity contribution >= 4 is 9.84 Å². The molecule has 0 unspecified atom stereocenters. The van der Waals surface area contributed by atoms with Crippen LogP contribution >= 0.6 is 0 Å². The average Bonchev–Trinajstić information content (AvgIpc) is 2.36. The van der Waals surface area contributed by atoms with Crippen LogP contribution in [0.4, 0.5) is 13.2 Å². The minimum absolute atomic E-state index is 0.0297. The maximum atomic E-state index is 12.8. The molecule has 20 heavy (non-hydrogen) atoms. The lowest BCUT2D eigenvalue weighted by atomic mass is 9.93. The molecule has 0 bridgehead atoms. The molecule has 0 heterocycles. The molecule has 0 saturated carbocycles. The van der Waals surface area contributed by atoms with Gasteiger partial charge in [-0.05, 0) is 32.4 Å². The molecule has 0 radical (unpaired) electrons. The first-order valence-electron chi connectivity index (χ1n) is 5.80. The van der Waals surface area contributed by atoms with E-state index in [0.717, 1.165) is 18.2 Å². The molecule has 0 aliphatic heterocycles. The number of rotatable bonds is 4. The Kier molecular flexibility index (Phi) is 4.49. The first-order chi connectivity index (χ1) is 8.99. The summed E-state index contributed by atoms with van der Waals surface area (Å²) in [5.74, 6) is -0.499. The highest BCUT2D eigenvalue weighted by atomic mass is 32.2. The van der Waals surface area contributed by atoms with Gasteiger partial charge in [-0.25, -0.2) is 8.42 Å². The van der Waals surface area contributed by atoms with E-state index in [4.69, 9.17) is 5.26 Å². The monoisotopic (exact) mass is 305 g/mol. The molecule has 0 aliphatic carbocycles. The number of alkyl halides is 3. The van der Waals surface area contributed by atoms with E-state index in [9.17, 15) is 21.6 Å². The lowest BCUT2D eigenvalue weighted by Gasteiger charge is -2.17. The van der Waals surface area contributed by atoms with Gasteiger partial charge in [-0.3, -0.25) is 0 Å². The number of sulfone groups is 1. The van der Waals surface area contributed by atoms with Crippen molar-refractivity contribution in [3.05, 3.63) is 29.8 Å². The number of benzene rings is 1. The molecule has 0 amide bonds. The zero-order valence-corrected chi connectivity index (χ0v) is 11.8. The van der Waals surface area contributed by atoms with Crippen molar-refractivity contribution in [1.82, 2.24) is 0 Å². The lowest BCUT2D eigenvalue weighted by Crippen LogP contribution is -2.19. The molecule has 1 rings (SSSR count). The predicted octanol–water partition coefficient (Wildman–Crippen LogP) is 3.42. The molecule has 0 atom stereocenters. The topological polar surface area (TPSA) is 57.9 Å². The fourth-order valence-corrected chi connectivity index (χ4v) is 3.33. The van der Waals surface area contributed by atoms with Crippen molar-refractivity contribution in [3.8, 4) is 6.07 Å². The molecule has 0 fully saturated rings. The van der Waals surface area contributed by atoms with Crippen LogP contribution in [0.3, 0.4) is 0 Å². The van der Waals surface area contributed by atoms with Crippen LogP contribution in [0.1, 0.15) is 25.8 Å². The van der Waals surface area contributed by atoms with Gasteiger partial charge in [-0.1, -0.05) is 12.1 Å². The van der Waals surface area contributed by atoms with Crippen molar-refractivity contribution in [2.75, 3.05) is 5.75 Å². The number of hydrogen-bond donors (Lipinski definition) is 0. The maximum Gasteiger partial charge on any atom is 0.417 e. The normalized spacial score (nSPS) is 13.0. The number of nitriles is 1. The molecule has 1 aromatic carbocycles. The third-order valence-electron chi connectivity index (χ3n) is 2.83. The summed E-state index contributed by atoms with van der Waals surface area (Å²) in [5.41, 5.74) is -2.07. The highest BCUT2D eigenvalue weighted by Gasteiger charge is 2.37. The van der Waals surface area contributed by atoms with Crippen LogP contribution in [0, 0.1) is 16.7 Å². The minimum Gasteiger partial charge on any atom is -0.224 e. The smallest absolute Gasteiger partial charge is 0.224 e. The second kappa shape index (κ2) is 5.44. The number of nitrogens with zero attached hydrogens (tertiary/aromatic N) is 1. The maximum absolute atomic E-state index is 12.8. The highest BCUT2D eigenvalue weighted by molar-refractivity contribution is 7.91. The molecule has 110 valence electrons. The number of hydrogen-bond acceptors (Lipinski definition) is 3. The summed E-state index contributed by atoms with van der Waals surface area (Å²) < 4.78 is 62.5. The Hall–Kier alpha value is -1.55. The van der Waals surface area contributed by atoms with Gasteiger partial charge in [-0.2, -0.15) is 18.4 Å². The largest absolute Gasteiger partial charge is 0.417 e. The van der Waals surface area contributed by atoms with Gasteiger partial charge in [0, 0.05) is 0 Å². The van der Waals surface area contributed by atoms with Crippen LogP contribution < -0.4 is 0 Å². The van der Waals surface area contributed by atoms with Crippen LogP contribution in [0.25, 0.3) is 0 Å². The van der Waals surface area contributed by atoms with Crippen LogP contribution in [0.2, 0.25) is 0 Å². The average molecular weight is 305 g/mol. The van der Waals surface area contributed by atoms with Gasteiger partial charge >= 0.3 is 6.18 Å².